The first-order valence-corrected chi connectivity index (χ1v) is 7.80. The topological polar surface area (TPSA) is 57.2 Å². The Morgan fingerprint density at radius 3 is 2.00 bits per heavy atom. The number of rotatable bonds is 8. The van der Waals surface area contributed by atoms with Crippen molar-refractivity contribution >= 4 is 17.8 Å². The molecule has 0 spiro atoms. The molecule has 0 saturated carbocycles. The molecule has 0 fully saturated rings. The van der Waals surface area contributed by atoms with Crippen LogP contribution in [-0.4, -0.2) is 48.7 Å². The van der Waals surface area contributed by atoms with Crippen molar-refractivity contribution in [2.24, 2.45) is 5.92 Å². The zero-order chi connectivity index (χ0) is 16.0. The van der Waals surface area contributed by atoms with Gasteiger partial charge in [0, 0.05) is 33.7 Å². The van der Waals surface area contributed by atoms with Crippen molar-refractivity contribution in [2.45, 2.75) is 46.6 Å². The Morgan fingerprint density at radius 2 is 1.57 bits per heavy atom. The molecule has 6 heteroatoms. The van der Waals surface area contributed by atoms with Crippen molar-refractivity contribution in [1.29, 1.82) is 0 Å². The van der Waals surface area contributed by atoms with Crippen molar-refractivity contribution in [3.8, 4) is 0 Å². The lowest BCUT2D eigenvalue weighted by atomic mass is 10.1. The van der Waals surface area contributed by atoms with E-state index in [0.29, 0.717) is 23.9 Å². The van der Waals surface area contributed by atoms with Crippen LogP contribution in [0.2, 0.25) is 0 Å². The van der Waals surface area contributed by atoms with E-state index in [1.807, 2.05) is 26.0 Å². The Labute approximate surface area is 129 Å². The Kier molecular flexibility index (Phi) is 6.65. The second-order valence-electron chi connectivity index (χ2n) is 5.92. The third-order valence-electron chi connectivity index (χ3n) is 3.44. The molecule has 0 aliphatic rings. The van der Waals surface area contributed by atoms with E-state index in [4.69, 9.17) is 0 Å². The summed E-state index contributed by atoms with van der Waals surface area (Å²) in [6.45, 7) is 9.83. The average Bonchev–Trinajstić information content (AvgIpc) is 2.46. The average molecular weight is 294 g/mol. The molecule has 1 aromatic rings. The molecule has 0 radical (unpaired) electrons. The molecule has 6 nitrogen and oxygen atoms in total. The van der Waals surface area contributed by atoms with Gasteiger partial charge < -0.3 is 15.1 Å². The maximum Gasteiger partial charge on any atom is 0.232 e. The van der Waals surface area contributed by atoms with Crippen molar-refractivity contribution < 1.29 is 0 Å². The summed E-state index contributed by atoms with van der Waals surface area (Å²) in [6.07, 6.45) is 2.17. The smallest absolute Gasteiger partial charge is 0.232 e. The van der Waals surface area contributed by atoms with E-state index in [-0.39, 0.29) is 0 Å². The van der Waals surface area contributed by atoms with E-state index in [0.717, 1.165) is 25.3 Å². The van der Waals surface area contributed by atoms with E-state index >= 15 is 0 Å². The zero-order valence-electron chi connectivity index (χ0n) is 14.5. The highest BCUT2D eigenvalue weighted by molar-refractivity contribution is 5.45. The summed E-state index contributed by atoms with van der Waals surface area (Å²) in [5, 5.41) is 3.03. The first kappa shape index (κ1) is 17.5. The summed E-state index contributed by atoms with van der Waals surface area (Å²) >= 11 is 0. The van der Waals surface area contributed by atoms with Crippen LogP contribution in [-0.2, 0) is 0 Å². The number of anilines is 3. The number of aromatic nitrogens is 3. The van der Waals surface area contributed by atoms with Crippen LogP contribution in [0.5, 0.6) is 0 Å². The first-order valence-electron chi connectivity index (χ1n) is 7.80. The van der Waals surface area contributed by atoms with Gasteiger partial charge in [-0.05, 0) is 18.8 Å². The third kappa shape index (κ3) is 4.72. The van der Waals surface area contributed by atoms with Gasteiger partial charge in [0.1, 0.15) is 0 Å². The standard InChI is InChI=1S/C15H30N6/c1-8-12(9-2)21(10-11(3)4)15-18-13(16-5)17-14(19-15)20(6)7/h11-12H,8-10H2,1-7H3,(H,16,17,18,19). The van der Waals surface area contributed by atoms with E-state index in [1.54, 1.807) is 0 Å². The van der Waals surface area contributed by atoms with Crippen LogP contribution in [0.3, 0.4) is 0 Å². The summed E-state index contributed by atoms with van der Waals surface area (Å²) in [5.74, 6) is 2.62. The molecule has 120 valence electrons. The maximum absolute atomic E-state index is 4.64. The monoisotopic (exact) mass is 294 g/mol. The second kappa shape index (κ2) is 8.00. The Morgan fingerprint density at radius 1 is 1.00 bits per heavy atom. The van der Waals surface area contributed by atoms with Crippen LogP contribution < -0.4 is 15.1 Å². The minimum Gasteiger partial charge on any atom is -0.357 e. The quantitative estimate of drug-likeness (QED) is 0.795. The van der Waals surface area contributed by atoms with Crippen LogP contribution in [0, 0.1) is 5.92 Å². The Bertz CT molecular complexity index is 428. The molecule has 1 N–H and O–H groups in total. The highest BCUT2D eigenvalue weighted by atomic mass is 15.4. The molecular weight excluding hydrogens is 264 g/mol. The highest BCUT2D eigenvalue weighted by Gasteiger charge is 2.21. The molecule has 0 saturated heterocycles. The van der Waals surface area contributed by atoms with Gasteiger partial charge in [-0.15, -0.1) is 0 Å². The van der Waals surface area contributed by atoms with Crippen LogP contribution >= 0.6 is 0 Å². The molecule has 0 aliphatic carbocycles. The Balaban J connectivity index is 3.24. The third-order valence-corrected chi connectivity index (χ3v) is 3.44. The molecular formula is C15H30N6. The summed E-state index contributed by atoms with van der Waals surface area (Å²) in [4.78, 5) is 17.8. The van der Waals surface area contributed by atoms with E-state index in [2.05, 4.69) is 52.9 Å². The summed E-state index contributed by atoms with van der Waals surface area (Å²) in [6, 6.07) is 0.453. The number of hydrogen-bond donors (Lipinski definition) is 1. The summed E-state index contributed by atoms with van der Waals surface area (Å²) in [5.41, 5.74) is 0. The molecule has 0 unspecified atom stereocenters. The lowest BCUT2D eigenvalue weighted by Gasteiger charge is -2.32. The molecule has 0 amide bonds. The van der Waals surface area contributed by atoms with Crippen LogP contribution in [0.15, 0.2) is 0 Å². The van der Waals surface area contributed by atoms with Gasteiger partial charge in [0.25, 0.3) is 0 Å². The zero-order valence-corrected chi connectivity index (χ0v) is 14.5. The van der Waals surface area contributed by atoms with Gasteiger partial charge in [-0.3, -0.25) is 0 Å². The SMILES string of the molecule is CCC(CC)N(CC(C)C)c1nc(NC)nc(N(C)C)n1. The van der Waals surface area contributed by atoms with E-state index in [1.165, 1.54) is 0 Å². The fourth-order valence-corrected chi connectivity index (χ4v) is 2.31. The number of hydrogen-bond acceptors (Lipinski definition) is 6. The van der Waals surface area contributed by atoms with Crippen LogP contribution in [0.25, 0.3) is 0 Å². The largest absolute Gasteiger partial charge is 0.357 e. The summed E-state index contributed by atoms with van der Waals surface area (Å²) in [7, 11) is 5.73. The molecule has 1 aromatic heterocycles. The summed E-state index contributed by atoms with van der Waals surface area (Å²) < 4.78 is 0. The van der Waals surface area contributed by atoms with Crippen LogP contribution in [0.1, 0.15) is 40.5 Å². The van der Waals surface area contributed by atoms with Gasteiger partial charge in [-0.2, -0.15) is 15.0 Å². The lowest BCUT2D eigenvalue weighted by Crippen LogP contribution is -2.39. The lowest BCUT2D eigenvalue weighted by molar-refractivity contribution is 0.498. The van der Waals surface area contributed by atoms with E-state index in [9.17, 15) is 0 Å². The highest BCUT2D eigenvalue weighted by Crippen LogP contribution is 2.21. The van der Waals surface area contributed by atoms with Gasteiger partial charge in [-0.1, -0.05) is 27.7 Å². The fourth-order valence-electron chi connectivity index (χ4n) is 2.31. The molecule has 0 aliphatic heterocycles. The van der Waals surface area contributed by atoms with Gasteiger partial charge in [0.2, 0.25) is 17.8 Å². The Hall–Kier alpha value is -1.59. The van der Waals surface area contributed by atoms with Gasteiger partial charge in [-0.25, -0.2) is 0 Å². The molecule has 0 atom stereocenters. The van der Waals surface area contributed by atoms with Gasteiger partial charge in [0.15, 0.2) is 0 Å². The van der Waals surface area contributed by atoms with Crippen LogP contribution in [0.4, 0.5) is 17.8 Å². The fraction of sp³-hybridized carbons (Fsp3) is 0.800. The predicted octanol–water partition coefficient (Wildman–Crippen LogP) is 2.63. The van der Waals surface area contributed by atoms with Crippen molar-refractivity contribution in [3.05, 3.63) is 0 Å². The second-order valence-corrected chi connectivity index (χ2v) is 5.92. The molecule has 21 heavy (non-hydrogen) atoms. The van der Waals surface area contributed by atoms with Gasteiger partial charge in [0.05, 0.1) is 0 Å². The van der Waals surface area contributed by atoms with Gasteiger partial charge >= 0.3 is 0 Å². The molecule has 0 aromatic carbocycles. The molecule has 0 bridgehead atoms. The predicted molar refractivity (Wildman–Crippen MR) is 90.3 cm³/mol. The molecule has 1 heterocycles. The number of nitrogens with one attached hydrogen (secondary N) is 1. The van der Waals surface area contributed by atoms with Crippen molar-refractivity contribution in [1.82, 2.24) is 15.0 Å². The minimum absolute atomic E-state index is 0.453. The van der Waals surface area contributed by atoms with Crippen molar-refractivity contribution in [2.75, 3.05) is 42.8 Å². The number of nitrogens with zero attached hydrogens (tertiary/aromatic N) is 5. The first-order chi connectivity index (χ1) is 9.92. The minimum atomic E-state index is 0.453. The molecule has 1 rings (SSSR count). The van der Waals surface area contributed by atoms with E-state index < -0.39 is 0 Å². The van der Waals surface area contributed by atoms with Crippen molar-refractivity contribution in [3.63, 3.8) is 0 Å². The normalized spacial score (nSPS) is 11.1. The maximum atomic E-state index is 4.64.